The highest BCUT2D eigenvalue weighted by Gasteiger charge is 2.33. The Balaban J connectivity index is 1.49. The van der Waals surface area contributed by atoms with Crippen LogP contribution in [0, 0.1) is 13.8 Å². The maximum Gasteiger partial charge on any atom is 0.317 e. The second-order valence-electron chi connectivity index (χ2n) is 7.34. The summed E-state index contributed by atoms with van der Waals surface area (Å²) in [6.07, 6.45) is 2.64. The summed E-state index contributed by atoms with van der Waals surface area (Å²) in [5, 5.41) is 7.72. The highest BCUT2D eigenvalue weighted by Crippen LogP contribution is 2.35. The van der Waals surface area contributed by atoms with Gasteiger partial charge in [-0.2, -0.15) is 0 Å². The number of nitrogens with one attached hydrogen (secondary N) is 1. The van der Waals surface area contributed by atoms with Gasteiger partial charge >= 0.3 is 6.03 Å². The van der Waals surface area contributed by atoms with Crippen LogP contribution in [0.5, 0.6) is 0 Å². The quantitative estimate of drug-likeness (QED) is 0.868. The lowest BCUT2D eigenvalue weighted by atomic mass is 9.74. The molecule has 0 aliphatic carbocycles. The van der Waals surface area contributed by atoms with Crippen molar-refractivity contribution >= 4 is 17.6 Å². The number of likely N-dealkylation sites (tertiary alicyclic amines) is 1. The van der Waals surface area contributed by atoms with Gasteiger partial charge in [-0.15, -0.1) is 0 Å². The number of aryl methyl sites for hydroxylation is 2. The molecule has 1 saturated heterocycles. The number of carbonyl (C=O) groups excluding carboxylic acids is 1. The van der Waals surface area contributed by atoms with Crippen molar-refractivity contribution in [3.63, 3.8) is 0 Å². The van der Waals surface area contributed by atoms with E-state index in [1.54, 1.807) is 0 Å². The Labute approximate surface area is 159 Å². The van der Waals surface area contributed by atoms with Crippen molar-refractivity contribution in [1.29, 1.82) is 0 Å². The monoisotopic (exact) mass is 375 g/mol. The number of hydrogen-bond acceptors (Lipinski definition) is 3. The molecule has 0 atom stereocenters. The predicted octanol–water partition coefficient (Wildman–Crippen LogP) is 4.25. The third kappa shape index (κ3) is 4.04. The van der Waals surface area contributed by atoms with E-state index in [0.29, 0.717) is 6.54 Å². The second kappa shape index (κ2) is 7.70. The van der Waals surface area contributed by atoms with Crippen molar-refractivity contribution in [3.8, 4) is 0 Å². The number of halogens is 1. The van der Waals surface area contributed by atoms with Crippen LogP contribution in [0.2, 0.25) is 5.02 Å². The Morgan fingerprint density at radius 1 is 1.27 bits per heavy atom. The maximum absolute atomic E-state index is 12.4. The minimum absolute atomic E-state index is 0.00918. The Kier molecular flexibility index (Phi) is 5.56. The van der Waals surface area contributed by atoms with Gasteiger partial charge < -0.3 is 14.7 Å². The number of carbonyl (C=O) groups is 1. The topological polar surface area (TPSA) is 58.4 Å². The van der Waals surface area contributed by atoms with E-state index in [0.717, 1.165) is 54.4 Å². The first kappa shape index (κ1) is 18.8. The summed E-state index contributed by atoms with van der Waals surface area (Å²) in [6.45, 7) is 8.21. The van der Waals surface area contributed by atoms with Gasteiger partial charge in [0.1, 0.15) is 5.76 Å². The van der Waals surface area contributed by atoms with Crippen LogP contribution in [0.15, 0.2) is 28.8 Å². The number of urea groups is 1. The zero-order valence-corrected chi connectivity index (χ0v) is 16.4. The third-order valence-corrected chi connectivity index (χ3v) is 5.78. The van der Waals surface area contributed by atoms with E-state index in [2.05, 4.69) is 29.5 Å². The molecule has 26 heavy (non-hydrogen) atoms. The van der Waals surface area contributed by atoms with Gasteiger partial charge in [-0.1, -0.05) is 35.8 Å². The summed E-state index contributed by atoms with van der Waals surface area (Å²) < 4.78 is 5.16. The number of nitrogens with zero attached hydrogens (tertiary/aromatic N) is 2. The number of piperidine rings is 1. The molecular weight excluding hydrogens is 350 g/mol. The molecule has 0 radical (unpaired) electrons. The normalized spacial score (nSPS) is 16.5. The number of aromatic nitrogens is 1. The summed E-state index contributed by atoms with van der Waals surface area (Å²) in [4.78, 5) is 14.4. The molecule has 1 fully saturated rings. The van der Waals surface area contributed by atoms with Crippen molar-refractivity contribution < 1.29 is 9.32 Å². The van der Waals surface area contributed by atoms with Crippen molar-refractivity contribution in [1.82, 2.24) is 15.4 Å². The van der Waals surface area contributed by atoms with Crippen LogP contribution in [-0.2, 0) is 11.8 Å². The molecule has 5 nitrogen and oxygen atoms in total. The van der Waals surface area contributed by atoms with E-state index in [1.807, 2.05) is 30.9 Å². The van der Waals surface area contributed by atoms with Gasteiger partial charge in [-0.3, -0.25) is 0 Å². The molecule has 1 aromatic heterocycles. The molecule has 2 aromatic rings. The zero-order valence-electron chi connectivity index (χ0n) is 15.6. The molecule has 140 valence electrons. The molecule has 0 unspecified atom stereocenters. The fourth-order valence-corrected chi connectivity index (χ4v) is 3.74. The fraction of sp³-hybridized carbons (Fsp3) is 0.500. The third-order valence-electron chi connectivity index (χ3n) is 5.53. The van der Waals surface area contributed by atoms with Crippen molar-refractivity contribution in [2.75, 3.05) is 19.6 Å². The smallest absolute Gasteiger partial charge is 0.317 e. The largest absolute Gasteiger partial charge is 0.361 e. The molecular formula is C20H26ClN3O2. The van der Waals surface area contributed by atoms with Crippen LogP contribution in [0.1, 0.15) is 42.3 Å². The van der Waals surface area contributed by atoms with Crippen molar-refractivity contribution in [2.45, 2.75) is 45.4 Å². The first-order chi connectivity index (χ1) is 12.4. The molecule has 1 aromatic carbocycles. The lowest BCUT2D eigenvalue weighted by molar-refractivity contribution is 0.163. The number of hydrogen-bond donors (Lipinski definition) is 1. The molecule has 2 amide bonds. The minimum Gasteiger partial charge on any atom is -0.361 e. The molecule has 0 saturated carbocycles. The summed E-state index contributed by atoms with van der Waals surface area (Å²) in [5.74, 6) is 0.827. The molecule has 0 spiro atoms. The van der Waals surface area contributed by atoms with Gasteiger partial charge in [0, 0.05) is 30.2 Å². The highest BCUT2D eigenvalue weighted by atomic mass is 35.5. The van der Waals surface area contributed by atoms with E-state index in [4.69, 9.17) is 16.1 Å². The molecule has 1 aliphatic heterocycles. The van der Waals surface area contributed by atoms with E-state index in [9.17, 15) is 4.79 Å². The van der Waals surface area contributed by atoms with Gasteiger partial charge in [0.2, 0.25) is 0 Å². The van der Waals surface area contributed by atoms with Crippen LogP contribution in [0.25, 0.3) is 0 Å². The van der Waals surface area contributed by atoms with Crippen LogP contribution in [0.3, 0.4) is 0 Å². The van der Waals surface area contributed by atoms with Crippen LogP contribution in [-0.4, -0.2) is 35.7 Å². The molecule has 6 heteroatoms. The van der Waals surface area contributed by atoms with Crippen LogP contribution < -0.4 is 5.32 Å². The lowest BCUT2D eigenvalue weighted by Gasteiger charge is -2.39. The standard InChI is InChI=1S/C20H26ClN3O2/c1-14-18(15(2)26-23-14)8-11-22-19(25)24-12-9-20(3,10-13-24)16-4-6-17(21)7-5-16/h4-7H,8-13H2,1-3H3,(H,22,25). The van der Waals surface area contributed by atoms with Crippen LogP contribution in [0.4, 0.5) is 4.79 Å². The SMILES string of the molecule is Cc1noc(C)c1CCNC(=O)N1CCC(C)(c2ccc(Cl)cc2)CC1. The van der Waals surface area contributed by atoms with Gasteiger partial charge in [-0.05, 0) is 56.2 Å². The van der Waals surface area contributed by atoms with Crippen molar-refractivity contribution in [3.05, 3.63) is 51.9 Å². The Bertz CT molecular complexity index is 742. The Morgan fingerprint density at radius 2 is 1.92 bits per heavy atom. The van der Waals surface area contributed by atoms with Crippen LogP contribution >= 0.6 is 11.6 Å². The first-order valence-electron chi connectivity index (χ1n) is 9.10. The Morgan fingerprint density at radius 3 is 2.50 bits per heavy atom. The molecule has 3 rings (SSSR count). The van der Waals surface area contributed by atoms with E-state index in [1.165, 1.54) is 5.56 Å². The number of benzene rings is 1. The van der Waals surface area contributed by atoms with Gasteiger partial charge in [0.15, 0.2) is 0 Å². The maximum atomic E-state index is 12.4. The molecule has 0 bridgehead atoms. The van der Waals surface area contributed by atoms with E-state index in [-0.39, 0.29) is 11.4 Å². The summed E-state index contributed by atoms with van der Waals surface area (Å²) in [5.41, 5.74) is 3.37. The fourth-order valence-electron chi connectivity index (χ4n) is 3.61. The minimum atomic E-state index is 0.00918. The Hall–Kier alpha value is -2.01. The predicted molar refractivity (Wildman–Crippen MR) is 103 cm³/mol. The number of amides is 2. The molecule has 1 N–H and O–H groups in total. The summed E-state index contributed by atoms with van der Waals surface area (Å²) in [6, 6.07) is 8.09. The van der Waals surface area contributed by atoms with E-state index >= 15 is 0 Å². The summed E-state index contributed by atoms with van der Waals surface area (Å²) >= 11 is 5.99. The van der Waals surface area contributed by atoms with Gasteiger partial charge in [0.05, 0.1) is 5.69 Å². The lowest BCUT2D eigenvalue weighted by Crippen LogP contribution is -2.48. The zero-order chi connectivity index (χ0) is 18.7. The highest BCUT2D eigenvalue weighted by molar-refractivity contribution is 6.30. The van der Waals surface area contributed by atoms with Gasteiger partial charge in [0.25, 0.3) is 0 Å². The van der Waals surface area contributed by atoms with Crippen molar-refractivity contribution in [2.24, 2.45) is 0 Å². The summed E-state index contributed by atoms with van der Waals surface area (Å²) in [7, 11) is 0. The van der Waals surface area contributed by atoms with E-state index < -0.39 is 0 Å². The number of rotatable bonds is 4. The molecule has 2 heterocycles. The first-order valence-corrected chi connectivity index (χ1v) is 9.47. The molecule has 1 aliphatic rings. The average Bonchev–Trinajstić information content (AvgIpc) is 2.94. The second-order valence-corrected chi connectivity index (χ2v) is 7.78. The van der Waals surface area contributed by atoms with Gasteiger partial charge in [-0.25, -0.2) is 4.79 Å². The average molecular weight is 376 g/mol.